The quantitative estimate of drug-likeness (QED) is 0.475. The molecule has 0 unspecified atom stereocenters. The van der Waals surface area contributed by atoms with E-state index in [-0.39, 0.29) is 5.56 Å². The van der Waals surface area contributed by atoms with Crippen LogP contribution in [-0.2, 0) is 9.53 Å². The Balaban J connectivity index is 1.71. The van der Waals surface area contributed by atoms with Crippen LogP contribution in [0.5, 0.6) is 0 Å². The summed E-state index contributed by atoms with van der Waals surface area (Å²) in [5.41, 5.74) is 0.871. The van der Waals surface area contributed by atoms with Gasteiger partial charge in [0.15, 0.2) is 6.61 Å². The van der Waals surface area contributed by atoms with E-state index in [1.165, 1.54) is 6.07 Å². The Labute approximate surface area is 156 Å². The summed E-state index contributed by atoms with van der Waals surface area (Å²) in [6.07, 6.45) is 0. The summed E-state index contributed by atoms with van der Waals surface area (Å²) in [5, 5.41) is 3.21. The molecular formula is C18H13IN2O4. The number of fused-ring (bicyclic) bond motifs is 1. The number of esters is 1. The van der Waals surface area contributed by atoms with Crippen molar-refractivity contribution in [2.45, 2.75) is 0 Å². The van der Waals surface area contributed by atoms with Gasteiger partial charge in [-0.25, -0.2) is 4.79 Å². The van der Waals surface area contributed by atoms with E-state index in [0.717, 1.165) is 3.57 Å². The van der Waals surface area contributed by atoms with E-state index in [0.29, 0.717) is 16.6 Å². The normalized spacial score (nSPS) is 10.4. The molecule has 3 aromatic rings. The van der Waals surface area contributed by atoms with Gasteiger partial charge in [0.1, 0.15) is 0 Å². The fourth-order valence-electron chi connectivity index (χ4n) is 2.35. The molecule has 2 aromatic carbocycles. The minimum Gasteiger partial charge on any atom is -0.452 e. The number of carbonyl (C=O) groups is 2. The molecule has 25 heavy (non-hydrogen) atoms. The van der Waals surface area contributed by atoms with Crippen LogP contribution in [0, 0.1) is 3.57 Å². The van der Waals surface area contributed by atoms with Crippen molar-refractivity contribution in [1.29, 1.82) is 0 Å². The van der Waals surface area contributed by atoms with Crippen molar-refractivity contribution in [3.8, 4) is 0 Å². The van der Waals surface area contributed by atoms with Gasteiger partial charge in [-0.2, -0.15) is 0 Å². The summed E-state index contributed by atoms with van der Waals surface area (Å²) in [6.45, 7) is -0.439. The van der Waals surface area contributed by atoms with Gasteiger partial charge in [-0.3, -0.25) is 9.59 Å². The van der Waals surface area contributed by atoms with E-state index in [4.69, 9.17) is 4.74 Å². The number of para-hydroxylation sites is 1. The van der Waals surface area contributed by atoms with E-state index in [1.54, 1.807) is 36.4 Å². The van der Waals surface area contributed by atoms with Crippen molar-refractivity contribution >= 4 is 51.1 Å². The summed E-state index contributed by atoms with van der Waals surface area (Å²) in [7, 11) is 0. The zero-order chi connectivity index (χ0) is 17.8. The number of rotatable bonds is 4. The molecule has 0 aliphatic carbocycles. The number of anilines is 1. The van der Waals surface area contributed by atoms with Gasteiger partial charge in [0.05, 0.1) is 5.56 Å². The molecule has 0 bridgehead atoms. The van der Waals surface area contributed by atoms with Gasteiger partial charge >= 0.3 is 5.97 Å². The third kappa shape index (κ3) is 4.24. The number of halogens is 1. The molecule has 0 radical (unpaired) electrons. The van der Waals surface area contributed by atoms with Crippen molar-refractivity contribution in [2.75, 3.05) is 11.9 Å². The first-order valence-corrected chi connectivity index (χ1v) is 8.45. The highest BCUT2D eigenvalue weighted by Crippen LogP contribution is 2.16. The predicted molar refractivity (Wildman–Crippen MR) is 103 cm³/mol. The lowest BCUT2D eigenvalue weighted by Crippen LogP contribution is -2.22. The zero-order valence-electron chi connectivity index (χ0n) is 12.9. The largest absolute Gasteiger partial charge is 0.452 e. The second kappa shape index (κ2) is 7.47. The second-order valence-electron chi connectivity index (χ2n) is 5.23. The number of hydrogen-bond acceptors (Lipinski definition) is 4. The van der Waals surface area contributed by atoms with Gasteiger partial charge in [-0.1, -0.05) is 24.3 Å². The van der Waals surface area contributed by atoms with Gasteiger partial charge in [0, 0.05) is 26.2 Å². The summed E-state index contributed by atoms with van der Waals surface area (Å²) in [5.74, 6) is -1.18. The number of ether oxygens (including phenoxy) is 1. The van der Waals surface area contributed by atoms with Crippen molar-refractivity contribution in [1.82, 2.24) is 4.98 Å². The van der Waals surface area contributed by atoms with Crippen LogP contribution in [0.25, 0.3) is 10.9 Å². The molecular weight excluding hydrogens is 435 g/mol. The number of H-pyrrole nitrogens is 1. The molecule has 0 fully saturated rings. The van der Waals surface area contributed by atoms with Crippen LogP contribution in [0.3, 0.4) is 0 Å². The number of benzene rings is 2. The van der Waals surface area contributed by atoms with Crippen molar-refractivity contribution < 1.29 is 14.3 Å². The summed E-state index contributed by atoms with van der Waals surface area (Å²) < 4.78 is 6.02. The molecule has 1 heterocycles. The van der Waals surface area contributed by atoms with E-state index < -0.39 is 24.0 Å². The predicted octanol–water partition coefficient (Wildman–Crippen LogP) is 2.93. The number of carbonyl (C=O) groups excluding carboxylic acids is 2. The van der Waals surface area contributed by atoms with Crippen molar-refractivity contribution in [3.05, 3.63) is 74.1 Å². The summed E-state index contributed by atoms with van der Waals surface area (Å²) in [6, 6.07) is 15.3. The van der Waals surface area contributed by atoms with E-state index in [1.807, 2.05) is 12.1 Å². The van der Waals surface area contributed by atoms with Gasteiger partial charge in [-0.15, -0.1) is 0 Å². The fraction of sp³-hybridized carbons (Fsp3) is 0.0556. The molecule has 6 nitrogen and oxygen atoms in total. The monoisotopic (exact) mass is 448 g/mol. The molecule has 0 atom stereocenters. The Kier molecular flexibility index (Phi) is 5.13. The van der Waals surface area contributed by atoms with Crippen molar-refractivity contribution in [2.24, 2.45) is 0 Å². The average Bonchev–Trinajstić information content (AvgIpc) is 2.59. The topological polar surface area (TPSA) is 88.3 Å². The van der Waals surface area contributed by atoms with Gasteiger partial charge < -0.3 is 15.0 Å². The Hall–Kier alpha value is -2.68. The minimum absolute atomic E-state index is 0.126. The Morgan fingerprint density at radius 3 is 2.68 bits per heavy atom. The van der Waals surface area contributed by atoms with Crippen LogP contribution in [0.4, 0.5) is 5.69 Å². The third-order valence-electron chi connectivity index (χ3n) is 3.41. The Bertz CT molecular complexity index is 1010. The second-order valence-corrected chi connectivity index (χ2v) is 6.47. The molecule has 7 heteroatoms. The lowest BCUT2D eigenvalue weighted by Gasteiger charge is -2.08. The zero-order valence-corrected chi connectivity index (χ0v) is 15.1. The molecule has 2 N–H and O–H groups in total. The molecule has 0 aliphatic heterocycles. The molecule has 0 saturated carbocycles. The SMILES string of the molecule is O=C(COC(=O)c1cc(=O)[nH]c2ccccc12)Nc1cccc(I)c1. The van der Waals surface area contributed by atoms with Crippen LogP contribution in [-0.4, -0.2) is 23.5 Å². The lowest BCUT2D eigenvalue weighted by molar-refractivity contribution is -0.119. The van der Waals surface area contributed by atoms with Crippen molar-refractivity contribution in [3.63, 3.8) is 0 Å². The van der Waals surface area contributed by atoms with Crippen LogP contribution >= 0.6 is 22.6 Å². The fourth-order valence-corrected chi connectivity index (χ4v) is 2.89. The van der Waals surface area contributed by atoms with Gasteiger partial charge in [0.25, 0.3) is 5.91 Å². The smallest absolute Gasteiger partial charge is 0.339 e. The molecule has 126 valence electrons. The van der Waals surface area contributed by atoms with Gasteiger partial charge in [-0.05, 0) is 46.9 Å². The number of amides is 1. The highest BCUT2D eigenvalue weighted by atomic mass is 127. The standard InChI is InChI=1S/C18H13IN2O4/c19-11-4-3-5-12(8-11)20-17(23)10-25-18(24)14-9-16(22)21-15-7-2-1-6-13(14)15/h1-9H,10H2,(H,20,23)(H,21,22). The summed E-state index contributed by atoms with van der Waals surface area (Å²) in [4.78, 5) is 38.5. The molecule has 0 spiro atoms. The maximum atomic E-state index is 12.3. The first-order valence-electron chi connectivity index (χ1n) is 7.37. The average molecular weight is 448 g/mol. The van der Waals surface area contributed by atoms with Crippen LogP contribution < -0.4 is 10.9 Å². The number of pyridine rings is 1. The first-order chi connectivity index (χ1) is 12.0. The molecule has 0 saturated heterocycles. The third-order valence-corrected chi connectivity index (χ3v) is 4.08. The van der Waals surface area contributed by atoms with Crippen LogP contribution in [0.2, 0.25) is 0 Å². The van der Waals surface area contributed by atoms with Gasteiger partial charge in [0.2, 0.25) is 5.56 Å². The van der Waals surface area contributed by atoms with E-state index in [2.05, 4.69) is 32.9 Å². The number of nitrogens with one attached hydrogen (secondary N) is 2. The Morgan fingerprint density at radius 1 is 1.08 bits per heavy atom. The van der Waals surface area contributed by atoms with E-state index >= 15 is 0 Å². The molecule has 0 aliphatic rings. The summed E-state index contributed by atoms with van der Waals surface area (Å²) >= 11 is 2.13. The maximum absolute atomic E-state index is 12.3. The van der Waals surface area contributed by atoms with Crippen LogP contribution in [0.1, 0.15) is 10.4 Å². The highest BCUT2D eigenvalue weighted by Gasteiger charge is 2.15. The van der Waals surface area contributed by atoms with Crippen LogP contribution in [0.15, 0.2) is 59.4 Å². The lowest BCUT2D eigenvalue weighted by atomic mass is 10.1. The number of aromatic nitrogens is 1. The number of hydrogen-bond donors (Lipinski definition) is 2. The first kappa shape index (κ1) is 17.2. The molecule has 1 aromatic heterocycles. The molecule has 1 amide bonds. The van der Waals surface area contributed by atoms with E-state index in [9.17, 15) is 14.4 Å². The Morgan fingerprint density at radius 2 is 1.88 bits per heavy atom. The number of aromatic amines is 1. The highest BCUT2D eigenvalue weighted by molar-refractivity contribution is 14.1. The minimum atomic E-state index is -0.722. The maximum Gasteiger partial charge on any atom is 0.339 e. The molecule has 3 rings (SSSR count).